The first kappa shape index (κ1) is 29.9. The Bertz CT molecular complexity index is 1730. The van der Waals surface area contributed by atoms with Gasteiger partial charge in [0.05, 0.1) is 40.3 Å². The van der Waals surface area contributed by atoms with Crippen molar-refractivity contribution in [2.24, 2.45) is 14.1 Å². The number of halogens is 2. The summed E-state index contributed by atoms with van der Waals surface area (Å²) < 4.78 is 7.48. The number of nitrogens with zero attached hydrogens (tertiary/aromatic N) is 4. The van der Waals surface area contributed by atoms with E-state index < -0.39 is 23.3 Å². The van der Waals surface area contributed by atoms with E-state index in [-0.39, 0.29) is 21.3 Å². The molecule has 1 amide bonds. The van der Waals surface area contributed by atoms with E-state index in [1.54, 1.807) is 43.5 Å². The number of rotatable bonds is 9. The third-order valence-electron chi connectivity index (χ3n) is 6.25. The van der Waals surface area contributed by atoms with Crippen LogP contribution in [0.15, 0.2) is 58.4 Å². The summed E-state index contributed by atoms with van der Waals surface area (Å²) in [5, 5.41) is 15.7. The third kappa shape index (κ3) is 6.33. The van der Waals surface area contributed by atoms with Crippen LogP contribution in [0.1, 0.15) is 22.8 Å². The number of anilines is 1. The van der Waals surface area contributed by atoms with Gasteiger partial charge >= 0.3 is 5.69 Å². The Balaban J connectivity index is 1.67. The first-order chi connectivity index (χ1) is 19.5. The lowest BCUT2D eigenvalue weighted by Crippen LogP contribution is -2.40. The summed E-state index contributed by atoms with van der Waals surface area (Å²) in [5.74, 6) is -0.324. The largest absolute Gasteiger partial charge is 0.481 e. The van der Waals surface area contributed by atoms with Gasteiger partial charge in [0.25, 0.3) is 11.5 Å². The van der Waals surface area contributed by atoms with E-state index in [4.69, 9.17) is 27.9 Å². The summed E-state index contributed by atoms with van der Waals surface area (Å²) >= 11 is 13.5. The summed E-state index contributed by atoms with van der Waals surface area (Å²) in [4.78, 5) is 46.5. The quantitative estimate of drug-likeness (QED) is 0.267. The van der Waals surface area contributed by atoms with Crippen LogP contribution in [-0.2, 0) is 20.6 Å². The highest BCUT2D eigenvalue weighted by Crippen LogP contribution is 2.40. The lowest BCUT2D eigenvalue weighted by Gasteiger charge is -2.15. The molecule has 3 N–H and O–H groups in total. The van der Waals surface area contributed by atoms with Gasteiger partial charge in [0.1, 0.15) is 5.56 Å². The van der Waals surface area contributed by atoms with Crippen LogP contribution in [-0.4, -0.2) is 49.9 Å². The van der Waals surface area contributed by atoms with Gasteiger partial charge in [-0.1, -0.05) is 41.4 Å². The number of aryl methyl sites for hydroxylation is 1. The Labute approximate surface area is 245 Å². The minimum Gasteiger partial charge on any atom is -0.481 e. The van der Waals surface area contributed by atoms with Crippen LogP contribution in [0, 0.1) is 0 Å². The number of amides is 1. The van der Waals surface area contributed by atoms with Gasteiger partial charge in [0.2, 0.25) is 5.88 Å². The van der Waals surface area contributed by atoms with E-state index in [0.717, 1.165) is 14.7 Å². The lowest BCUT2D eigenvalue weighted by molar-refractivity contribution is 0.102. The van der Waals surface area contributed by atoms with Gasteiger partial charge in [0, 0.05) is 56.3 Å². The maximum atomic E-state index is 13.0. The van der Waals surface area contributed by atoms with Gasteiger partial charge in [-0.3, -0.25) is 19.1 Å². The average molecular weight is 599 g/mol. The molecule has 0 spiro atoms. The molecule has 3 aromatic heterocycles. The number of hydrogen-bond acceptors (Lipinski definition) is 8. The molecular formula is C28H28Cl2N6O5. The minimum absolute atomic E-state index is 0.152. The number of pyridine rings is 2. The highest BCUT2D eigenvalue weighted by Gasteiger charge is 2.20. The van der Waals surface area contributed by atoms with Crippen LogP contribution in [0.2, 0.25) is 10.0 Å². The Kier molecular flexibility index (Phi) is 9.24. The summed E-state index contributed by atoms with van der Waals surface area (Å²) in [6.45, 7) is 2.57. The fourth-order valence-electron chi connectivity index (χ4n) is 4.14. The van der Waals surface area contributed by atoms with Gasteiger partial charge in [0.15, 0.2) is 0 Å². The van der Waals surface area contributed by atoms with Gasteiger partial charge in [-0.25, -0.2) is 9.78 Å². The molecule has 0 saturated carbocycles. The van der Waals surface area contributed by atoms with Gasteiger partial charge in [-0.2, -0.15) is 0 Å². The number of carbonyl (C=O) groups is 1. The Hall–Kier alpha value is -4.03. The molecule has 13 heteroatoms. The van der Waals surface area contributed by atoms with Crippen molar-refractivity contribution in [1.29, 1.82) is 0 Å². The second kappa shape index (κ2) is 12.6. The summed E-state index contributed by atoms with van der Waals surface area (Å²) in [6.07, 6.45) is 2.26. The van der Waals surface area contributed by atoms with Crippen LogP contribution in [0.25, 0.3) is 22.5 Å². The molecule has 0 unspecified atom stereocenters. The molecule has 11 nitrogen and oxygen atoms in total. The predicted octanol–water partition coefficient (Wildman–Crippen LogP) is 3.25. The van der Waals surface area contributed by atoms with Crippen molar-refractivity contribution in [2.75, 3.05) is 19.0 Å². The van der Waals surface area contributed by atoms with Gasteiger partial charge in [-0.15, -0.1) is 0 Å². The van der Waals surface area contributed by atoms with E-state index in [9.17, 15) is 19.5 Å². The minimum atomic E-state index is -0.733. The maximum Gasteiger partial charge on any atom is 0.330 e. The van der Waals surface area contributed by atoms with Crippen LogP contribution < -0.4 is 26.6 Å². The van der Waals surface area contributed by atoms with Crippen LogP contribution in [0.5, 0.6) is 5.88 Å². The van der Waals surface area contributed by atoms with Crippen molar-refractivity contribution >= 4 is 34.8 Å². The standard InChI is InChI=1S/C28H28Cl2N6O5/c1-15(37)12-31-13-16-8-9-20(34-26(16)41-4)17-10-11-32-24(23(17)30)18-6-5-7-21(22(18)29)33-25(38)19-14-35(2)28(40)36(3)27(19)39/h5-11,14-15,31,37H,12-13H2,1-4H3,(H,33,38)/t15-/m1/s1. The zero-order chi connectivity index (χ0) is 29.8. The van der Waals surface area contributed by atoms with E-state index in [1.165, 1.54) is 27.4 Å². The number of ether oxygens (including phenoxy) is 1. The van der Waals surface area contributed by atoms with E-state index in [1.807, 2.05) is 6.07 Å². The highest BCUT2D eigenvalue weighted by atomic mass is 35.5. The smallest absolute Gasteiger partial charge is 0.330 e. The van der Waals surface area contributed by atoms with Crippen LogP contribution in [0.3, 0.4) is 0 Å². The number of methoxy groups -OCH3 is 1. The Morgan fingerprint density at radius 1 is 1.10 bits per heavy atom. The van der Waals surface area contributed by atoms with Crippen LogP contribution >= 0.6 is 23.2 Å². The number of benzene rings is 1. The zero-order valence-corrected chi connectivity index (χ0v) is 24.2. The monoisotopic (exact) mass is 598 g/mol. The summed E-state index contributed by atoms with van der Waals surface area (Å²) in [7, 11) is 4.26. The van der Waals surface area contributed by atoms with Crippen molar-refractivity contribution in [3.8, 4) is 28.4 Å². The number of hydrogen-bond donors (Lipinski definition) is 3. The number of nitrogens with one attached hydrogen (secondary N) is 2. The second-order valence-electron chi connectivity index (χ2n) is 9.29. The molecule has 1 atom stereocenters. The zero-order valence-electron chi connectivity index (χ0n) is 22.7. The molecule has 0 aliphatic carbocycles. The van der Waals surface area contributed by atoms with Crippen LogP contribution in [0.4, 0.5) is 5.69 Å². The van der Waals surface area contributed by atoms with Gasteiger partial charge in [-0.05, 0) is 25.1 Å². The molecular weight excluding hydrogens is 571 g/mol. The first-order valence-corrected chi connectivity index (χ1v) is 13.2. The molecule has 4 aromatic rings. The predicted molar refractivity (Wildman–Crippen MR) is 158 cm³/mol. The van der Waals surface area contributed by atoms with Crippen molar-refractivity contribution < 1.29 is 14.6 Å². The molecule has 41 heavy (non-hydrogen) atoms. The molecule has 214 valence electrons. The SMILES string of the molecule is COc1nc(-c2ccnc(-c3cccc(NC(=O)c4cn(C)c(=O)n(C)c4=O)c3Cl)c2Cl)ccc1CNC[C@@H](C)O. The first-order valence-electron chi connectivity index (χ1n) is 12.5. The maximum absolute atomic E-state index is 13.0. The van der Waals surface area contributed by atoms with Gasteiger partial charge < -0.3 is 25.0 Å². The molecule has 0 fully saturated rings. The molecule has 0 bridgehead atoms. The Morgan fingerprint density at radius 3 is 2.56 bits per heavy atom. The molecule has 0 saturated heterocycles. The molecule has 1 aromatic carbocycles. The van der Waals surface area contributed by atoms with E-state index >= 15 is 0 Å². The third-order valence-corrected chi connectivity index (χ3v) is 7.04. The fraction of sp³-hybridized carbons (Fsp3) is 0.250. The average Bonchev–Trinajstić information content (AvgIpc) is 2.95. The van der Waals surface area contributed by atoms with E-state index in [0.29, 0.717) is 41.5 Å². The lowest BCUT2D eigenvalue weighted by atomic mass is 10.1. The number of aliphatic hydroxyl groups is 1. The molecule has 0 aliphatic heterocycles. The van der Waals surface area contributed by atoms with Crippen molar-refractivity contribution in [3.05, 3.63) is 90.8 Å². The Morgan fingerprint density at radius 2 is 1.85 bits per heavy atom. The second-order valence-corrected chi connectivity index (χ2v) is 10.0. The summed E-state index contributed by atoms with van der Waals surface area (Å²) in [6, 6.07) is 10.3. The molecule has 0 radical (unpaired) electrons. The topological polar surface area (TPSA) is 140 Å². The molecule has 3 heterocycles. The van der Waals surface area contributed by atoms with Crippen molar-refractivity contribution in [1.82, 2.24) is 24.4 Å². The highest BCUT2D eigenvalue weighted by molar-refractivity contribution is 6.39. The number of carbonyl (C=O) groups excluding carboxylic acids is 1. The molecule has 4 rings (SSSR count). The van der Waals surface area contributed by atoms with E-state index in [2.05, 4.69) is 20.6 Å². The normalized spacial score (nSPS) is 11.8. The van der Waals surface area contributed by atoms with Crippen molar-refractivity contribution in [2.45, 2.75) is 19.6 Å². The number of aliphatic hydroxyl groups excluding tert-OH is 1. The number of aromatic nitrogens is 4. The molecule has 0 aliphatic rings. The fourth-order valence-corrected chi connectivity index (χ4v) is 4.71. The summed E-state index contributed by atoms with van der Waals surface area (Å²) in [5.41, 5.74) is 1.44. The van der Waals surface area contributed by atoms with Crippen molar-refractivity contribution in [3.63, 3.8) is 0 Å².